The van der Waals surface area contributed by atoms with E-state index in [0.29, 0.717) is 10.5 Å². The Morgan fingerprint density at radius 3 is 2.61 bits per heavy atom. The fourth-order valence-electron chi connectivity index (χ4n) is 1.60. The van der Waals surface area contributed by atoms with Crippen molar-refractivity contribution in [1.29, 1.82) is 0 Å². The third-order valence-electron chi connectivity index (χ3n) is 2.60. The molecule has 0 radical (unpaired) electrons. The SMILES string of the molecule is Cc1ccccc1NC(=O)c1ccc(Br)cc1S. The number of hydrogen-bond donors (Lipinski definition) is 2. The Balaban J connectivity index is 2.25. The van der Waals surface area contributed by atoms with Gasteiger partial charge in [-0.05, 0) is 36.8 Å². The highest BCUT2D eigenvalue weighted by molar-refractivity contribution is 9.10. The molecule has 1 amide bonds. The number of hydrogen-bond acceptors (Lipinski definition) is 2. The summed E-state index contributed by atoms with van der Waals surface area (Å²) in [5.74, 6) is -0.151. The molecule has 4 heteroatoms. The second-order valence-electron chi connectivity index (χ2n) is 3.93. The Hall–Kier alpha value is -1.26. The maximum absolute atomic E-state index is 12.1. The summed E-state index contributed by atoms with van der Waals surface area (Å²) in [5.41, 5.74) is 2.41. The quantitative estimate of drug-likeness (QED) is 0.793. The van der Waals surface area contributed by atoms with Gasteiger partial charge in [-0.25, -0.2) is 0 Å². The molecule has 0 heterocycles. The molecule has 92 valence electrons. The summed E-state index contributed by atoms with van der Waals surface area (Å²) >= 11 is 7.65. The summed E-state index contributed by atoms with van der Waals surface area (Å²) in [6.07, 6.45) is 0. The molecule has 1 N–H and O–H groups in total. The summed E-state index contributed by atoms with van der Waals surface area (Å²) < 4.78 is 0.903. The van der Waals surface area contributed by atoms with Crippen LogP contribution in [0.5, 0.6) is 0 Å². The molecular weight excluding hydrogens is 310 g/mol. The van der Waals surface area contributed by atoms with Crippen LogP contribution in [-0.2, 0) is 0 Å². The van der Waals surface area contributed by atoms with E-state index in [0.717, 1.165) is 15.7 Å². The zero-order chi connectivity index (χ0) is 13.1. The van der Waals surface area contributed by atoms with Crippen LogP contribution in [0.3, 0.4) is 0 Å². The van der Waals surface area contributed by atoms with Gasteiger partial charge in [-0.15, -0.1) is 12.6 Å². The van der Waals surface area contributed by atoms with Crippen LogP contribution in [0.1, 0.15) is 15.9 Å². The number of benzene rings is 2. The molecule has 2 rings (SSSR count). The van der Waals surface area contributed by atoms with Gasteiger partial charge in [0.05, 0.1) is 5.56 Å². The Kier molecular flexibility index (Phi) is 4.09. The Morgan fingerprint density at radius 2 is 1.94 bits per heavy atom. The van der Waals surface area contributed by atoms with Gasteiger partial charge < -0.3 is 5.32 Å². The lowest BCUT2D eigenvalue weighted by Crippen LogP contribution is -2.13. The van der Waals surface area contributed by atoms with Gasteiger partial charge in [0.2, 0.25) is 0 Å². The van der Waals surface area contributed by atoms with Crippen molar-refractivity contribution in [3.05, 3.63) is 58.1 Å². The van der Waals surface area contributed by atoms with Gasteiger partial charge in [-0.1, -0.05) is 34.1 Å². The number of thiol groups is 1. The standard InChI is InChI=1S/C14H12BrNOS/c1-9-4-2-3-5-12(9)16-14(17)11-7-6-10(15)8-13(11)18/h2-8,18H,1H3,(H,16,17). The van der Waals surface area contributed by atoms with E-state index in [-0.39, 0.29) is 5.91 Å². The molecule has 0 fully saturated rings. The minimum absolute atomic E-state index is 0.151. The number of rotatable bonds is 2. The minimum Gasteiger partial charge on any atom is -0.322 e. The highest BCUT2D eigenvalue weighted by Gasteiger charge is 2.10. The fraction of sp³-hybridized carbons (Fsp3) is 0.0714. The van der Waals surface area contributed by atoms with Crippen LogP contribution in [-0.4, -0.2) is 5.91 Å². The van der Waals surface area contributed by atoms with Crippen molar-refractivity contribution in [3.63, 3.8) is 0 Å². The molecular formula is C14H12BrNOS. The molecule has 2 nitrogen and oxygen atoms in total. The number of amides is 1. The first-order valence-electron chi connectivity index (χ1n) is 5.43. The van der Waals surface area contributed by atoms with Crippen molar-refractivity contribution in [2.24, 2.45) is 0 Å². The predicted octanol–water partition coefficient (Wildman–Crippen LogP) is 4.30. The number of aryl methyl sites for hydroxylation is 1. The van der Waals surface area contributed by atoms with Crippen molar-refractivity contribution in [2.45, 2.75) is 11.8 Å². The average molecular weight is 322 g/mol. The molecule has 0 aromatic heterocycles. The highest BCUT2D eigenvalue weighted by atomic mass is 79.9. The third-order valence-corrected chi connectivity index (χ3v) is 3.46. The first-order valence-corrected chi connectivity index (χ1v) is 6.67. The lowest BCUT2D eigenvalue weighted by Gasteiger charge is -2.09. The van der Waals surface area contributed by atoms with Crippen molar-refractivity contribution in [1.82, 2.24) is 0 Å². The topological polar surface area (TPSA) is 29.1 Å². The molecule has 0 saturated carbocycles. The van der Waals surface area contributed by atoms with Crippen LogP contribution >= 0.6 is 28.6 Å². The number of carbonyl (C=O) groups is 1. The lowest BCUT2D eigenvalue weighted by atomic mass is 10.1. The first-order chi connectivity index (χ1) is 8.58. The number of halogens is 1. The van der Waals surface area contributed by atoms with Crippen LogP contribution in [0.4, 0.5) is 5.69 Å². The monoisotopic (exact) mass is 321 g/mol. The molecule has 2 aromatic rings. The van der Waals surface area contributed by atoms with E-state index >= 15 is 0 Å². The van der Waals surface area contributed by atoms with Crippen LogP contribution < -0.4 is 5.32 Å². The number of nitrogens with one attached hydrogen (secondary N) is 1. The molecule has 0 atom stereocenters. The zero-order valence-corrected chi connectivity index (χ0v) is 12.3. The summed E-state index contributed by atoms with van der Waals surface area (Å²) in [6.45, 7) is 1.96. The summed E-state index contributed by atoms with van der Waals surface area (Å²) in [7, 11) is 0. The van der Waals surface area contributed by atoms with E-state index < -0.39 is 0 Å². The summed E-state index contributed by atoms with van der Waals surface area (Å²) in [6, 6.07) is 13.0. The van der Waals surface area contributed by atoms with E-state index in [1.807, 2.05) is 37.3 Å². The van der Waals surface area contributed by atoms with Gasteiger partial charge in [-0.2, -0.15) is 0 Å². The maximum atomic E-state index is 12.1. The van der Waals surface area contributed by atoms with Crippen molar-refractivity contribution < 1.29 is 4.79 Å². The molecule has 0 spiro atoms. The van der Waals surface area contributed by atoms with Crippen molar-refractivity contribution in [2.75, 3.05) is 5.32 Å². The highest BCUT2D eigenvalue weighted by Crippen LogP contribution is 2.21. The Labute approximate surface area is 120 Å². The fourth-order valence-corrected chi connectivity index (χ4v) is 2.45. The van der Waals surface area contributed by atoms with Gasteiger partial charge in [-0.3, -0.25) is 4.79 Å². The molecule has 0 aliphatic rings. The van der Waals surface area contributed by atoms with E-state index in [2.05, 4.69) is 33.9 Å². The van der Waals surface area contributed by atoms with Crippen LogP contribution in [0.2, 0.25) is 0 Å². The minimum atomic E-state index is -0.151. The molecule has 0 unspecified atom stereocenters. The van der Waals surface area contributed by atoms with Crippen LogP contribution in [0.15, 0.2) is 51.8 Å². The number of anilines is 1. The second-order valence-corrected chi connectivity index (χ2v) is 5.33. The largest absolute Gasteiger partial charge is 0.322 e. The molecule has 0 bridgehead atoms. The smallest absolute Gasteiger partial charge is 0.256 e. The van der Waals surface area contributed by atoms with Gasteiger partial charge in [0.15, 0.2) is 0 Å². The second kappa shape index (κ2) is 5.59. The summed E-state index contributed by atoms with van der Waals surface area (Å²) in [4.78, 5) is 12.8. The molecule has 0 saturated heterocycles. The molecule has 2 aromatic carbocycles. The Morgan fingerprint density at radius 1 is 1.22 bits per heavy atom. The molecule has 0 aliphatic carbocycles. The summed E-state index contributed by atoms with van der Waals surface area (Å²) in [5, 5.41) is 2.88. The van der Waals surface area contributed by atoms with E-state index in [4.69, 9.17) is 0 Å². The van der Waals surface area contributed by atoms with Gasteiger partial charge in [0.1, 0.15) is 0 Å². The third kappa shape index (κ3) is 2.94. The predicted molar refractivity (Wildman–Crippen MR) is 80.5 cm³/mol. The number of para-hydroxylation sites is 1. The van der Waals surface area contributed by atoms with Crippen molar-refractivity contribution in [3.8, 4) is 0 Å². The number of carbonyl (C=O) groups excluding carboxylic acids is 1. The van der Waals surface area contributed by atoms with Crippen LogP contribution in [0.25, 0.3) is 0 Å². The van der Waals surface area contributed by atoms with Gasteiger partial charge in [0.25, 0.3) is 5.91 Å². The molecule has 0 aliphatic heterocycles. The first kappa shape index (κ1) is 13.2. The van der Waals surface area contributed by atoms with E-state index in [1.165, 1.54) is 0 Å². The lowest BCUT2D eigenvalue weighted by molar-refractivity contribution is 0.102. The van der Waals surface area contributed by atoms with Gasteiger partial charge in [0, 0.05) is 15.1 Å². The van der Waals surface area contributed by atoms with E-state index in [9.17, 15) is 4.79 Å². The van der Waals surface area contributed by atoms with Crippen LogP contribution in [0, 0.1) is 6.92 Å². The normalized spacial score (nSPS) is 10.2. The van der Waals surface area contributed by atoms with Gasteiger partial charge >= 0.3 is 0 Å². The zero-order valence-electron chi connectivity index (χ0n) is 9.77. The van der Waals surface area contributed by atoms with E-state index in [1.54, 1.807) is 12.1 Å². The Bertz CT molecular complexity index is 598. The average Bonchev–Trinajstić information content (AvgIpc) is 2.32. The molecule has 18 heavy (non-hydrogen) atoms. The van der Waals surface area contributed by atoms with Crippen molar-refractivity contribution >= 4 is 40.2 Å². The maximum Gasteiger partial charge on any atom is 0.256 e.